The molecule has 1 aliphatic heterocycles. The second-order valence-corrected chi connectivity index (χ2v) is 6.73. The van der Waals surface area contributed by atoms with Crippen molar-refractivity contribution in [1.29, 1.82) is 0 Å². The van der Waals surface area contributed by atoms with Gasteiger partial charge in [-0.05, 0) is 54.3 Å². The van der Waals surface area contributed by atoms with E-state index in [-0.39, 0.29) is 11.9 Å². The molecule has 0 radical (unpaired) electrons. The third-order valence-electron chi connectivity index (χ3n) is 4.91. The smallest absolute Gasteiger partial charge is 0.254 e. The minimum absolute atomic E-state index is 0.0476. The third kappa shape index (κ3) is 2.65. The van der Waals surface area contributed by atoms with Gasteiger partial charge in [0.25, 0.3) is 5.91 Å². The molecule has 1 saturated heterocycles. The highest BCUT2D eigenvalue weighted by Crippen LogP contribution is 2.40. The molecule has 3 heterocycles. The average Bonchev–Trinajstić information content (AvgIpc) is 3.14. The van der Waals surface area contributed by atoms with Crippen molar-refractivity contribution in [1.82, 2.24) is 35.2 Å². The molecule has 1 unspecified atom stereocenters. The molecular formula is C17H17N7O2. The molecule has 1 aliphatic carbocycles. The lowest BCUT2D eigenvalue weighted by atomic mass is 10.1. The highest BCUT2D eigenvalue weighted by atomic mass is 16.5. The van der Waals surface area contributed by atoms with Gasteiger partial charge in [-0.1, -0.05) is 11.2 Å². The third-order valence-corrected chi connectivity index (χ3v) is 4.91. The first-order valence-electron chi connectivity index (χ1n) is 8.77. The lowest BCUT2D eigenvalue weighted by molar-refractivity contribution is 0.0710. The van der Waals surface area contributed by atoms with E-state index in [4.69, 9.17) is 4.52 Å². The first-order valence-corrected chi connectivity index (χ1v) is 8.77. The SMILES string of the molecule is O=C(c1cccc(-n2cnnn2)c1)N1CCCC1c1nc(C2CC2)no1. The molecule has 9 heteroatoms. The van der Waals surface area contributed by atoms with Crippen molar-refractivity contribution in [2.45, 2.75) is 37.6 Å². The Balaban J connectivity index is 1.41. The van der Waals surface area contributed by atoms with Gasteiger partial charge in [-0.15, -0.1) is 5.10 Å². The molecular weight excluding hydrogens is 334 g/mol. The molecule has 1 saturated carbocycles. The highest BCUT2D eigenvalue weighted by Gasteiger charge is 2.36. The van der Waals surface area contributed by atoms with Crippen LogP contribution in [0.5, 0.6) is 0 Å². The summed E-state index contributed by atoms with van der Waals surface area (Å²) in [7, 11) is 0. The zero-order valence-electron chi connectivity index (χ0n) is 14.0. The van der Waals surface area contributed by atoms with E-state index in [1.807, 2.05) is 17.0 Å². The number of aromatic nitrogens is 6. The quantitative estimate of drug-likeness (QED) is 0.707. The Kier molecular flexibility index (Phi) is 3.51. The van der Waals surface area contributed by atoms with E-state index >= 15 is 0 Å². The van der Waals surface area contributed by atoms with Crippen molar-refractivity contribution < 1.29 is 9.32 Å². The van der Waals surface area contributed by atoms with Gasteiger partial charge in [0.15, 0.2) is 5.82 Å². The summed E-state index contributed by atoms with van der Waals surface area (Å²) < 4.78 is 6.99. The number of nitrogens with zero attached hydrogens (tertiary/aromatic N) is 7. The van der Waals surface area contributed by atoms with Crippen molar-refractivity contribution in [3.63, 3.8) is 0 Å². The van der Waals surface area contributed by atoms with Gasteiger partial charge in [-0.25, -0.2) is 4.68 Å². The Labute approximate surface area is 149 Å². The van der Waals surface area contributed by atoms with Crippen LogP contribution in [-0.2, 0) is 0 Å². The lowest BCUT2D eigenvalue weighted by Gasteiger charge is -2.22. The molecule has 26 heavy (non-hydrogen) atoms. The number of likely N-dealkylation sites (tertiary alicyclic amines) is 1. The fourth-order valence-corrected chi connectivity index (χ4v) is 3.38. The van der Waals surface area contributed by atoms with Crippen LogP contribution in [0, 0.1) is 0 Å². The predicted octanol–water partition coefficient (Wildman–Crippen LogP) is 1.90. The minimum atomic E-state index is -0.154. The van der Waals surface area contributed by atoms with Crippen LogP contribution >= 0.6 is 0 Å². The molecule has 2 fully saturated rings. The first-order chi connectivity index (χ1) is 12.8. The van der Waals surface area contributed by atoms with Crippen molar-refractivity contribution in [3.05, 3.63) is 47.9 Å². The zero-order valence-corrected chi connectivity index (χ0v) is 14.0. The number of hydrogen-bond donors (Lipinski definition) is 0. The molecule has 1 amide bonds. The second-order valence-electron chi connectivity index (χ2n) is 6.73. The molecule has 1 aromatic carbocycles. The van der Waals surface area contributed by atoms with Gasteiger partial charge < -0.3 is 9.42 Å². The number of amides is 1. The maximum atomic E-state index is 13.1. The molecule has 2 aromatic heterocycles. The minimum Gasteiger partial charge on any atom is -0.337 e. The van der Waals surface area contributed by atoms with Crippen molar-refractivity contribution in [2.75, 3.05) is 6.54 Å². The molecule has 5 rings (SSSR count). The Morgan fingerprint density at radius 2 is 2.15 bits per heavy atom. The van der Waals surface area contributed by atoms with Gasteiger partial charge in [-0.2, -0.15) is 4.98 Å². The lowest BCUT2D eigenvalue weighted by Crippen LogP contribution is -2.30. The van der Waals surface area contributed by atoms with Crippen LogP contribution in [0.4, 0.5) is 0 Å². The van der Waals surface area contributed by atoms with Crippen LogP contribution < -0.4 is 0 Å². The molecule has 1 atom stereocenters. The number of rotatable bonds is 4. The topological polar surface area (TPSA) is 103 Å². The summed E-state index contributed by atoms with van der Waals surface area (Å²) in [6.07, 6.45) is 5.50. The summed E-state index contributed by atoms with van der Waals surface area (Å²) in [6, 6.07) is 7.12. The number of carbonyl (C=O) groups is 1. The van der Waals surface area contributed by atoms with Crippen LogP contribution in [0.1, 0.15) is 59.7 Å². The molecule has 2 aliphatic rings. The Morgan fingerprint density at radius 1 is 1.23 bits per heavy atom. The zero-order chi connectivity index (χ0) is 17.5. The second kappa shape index (κ2) is 6.01. The molecule has 0 bridgehead atoms. The summed E-state index contributed by atoms with van der Waals surface area (Å²) in [6.45, 7) is 0.680. The molecule has 0 spiro atoms. The normalized spacial score (nSPS) is 19.8. The Morgan fingerprint density at radius 3 is 2.96 bits per heavy atom. The fraction of sp³-hybridized carbons (Fsp3) is 0.412. The Hall–Kier alpha value is -3.10. The molecule has 3 aromatic rings. The van der Waals surface area contributed by atoms with Crippen LogP contribution in [-0.4, -0.2) is 47.7 Å². The molecule has 0 N–H and O–H groups in total. The van der Waals surface area contributed by atoms with Crippen molar-refractivity contribution in [3.8, 4) is 5.69 Å². The Bertz CT molecular complexity index is 932. The number of benzene rings is 1. The molecule has 9 nitrogen and oxygen atoms in total. The van der Waals surface area contributed by atoms with Gasteiger partial charge in [-0.3, -0.25) is 4.79 Å². The molecule has 132 valence electrons. The van der Waals surface area contributed by atoms with E-state index in [1.54, 1.807) is 12.1 Å². The number of carbonyl (C=O) groups excluding carboxylic acids is 1. The van der Waals surface area contributed by atoms with Crippen molar-refractivity contribution in [2.24, 2.45) is 0 Å². The van der Waals surface area contributed by atoms with E-state index in [2.05, 4.69) is 25.7 Å². The number of tetrazole rings is 1. The average molecular weight is 351 g/mol. The van der Waals surface area contributed by atoms with Gasteiger partial charge >= 0.3 is 0 Å². The van der Waals surface area contributed by atoms with Gasteiger partial charge in [0.2, 0.25) is 5.89 Å². The van der Waals surface area contributed by atoms with Crippen LogP contribution in [0.25, 0.3) is 5.69 Å². The summed E-state index contributed by atoms with van der Waals surface area (Å²) in [5.74, 6) is 1.72. The van der Waals surface area contributed by atoms with Gasteiger partial charge in [0, 0.05) is 18.0 Å². The summed E-state index contributed by atoms with van der Waals surface area (Å²) in [5.41, 5.74) is 1.33. The summed E-state index contributed by atoms with van der Waals surface area (Å²) in [4.78, 5) is 19.4. The maximum absolute atomic E-state index is 13.1. The van der Waals surface area contributed by atoms with E-state index in [0.717, 1.165) is 37.2 Å². The van der Waals surface area contributed by atoms with Crippen molar-refractivity contribution >= 4 is 5.91 Å². The number of hydrogen-bond acceptors (Lipinski definition) is 7. The monoisotopic (exact) mass is 351 g/mol. The summed E-state index contributed by atoms with van der Waals surface area (Å²) >= 11 is 0. The van der Waals surface area contributed by atoms with E-state index in [9.17, 15) is 4.79 Å². The van der Waals surface area contributed by atoms with Crippen LogP contribution in [0.3, 0.4) is 0 Å². The highest BCUT2D eigenvalue weighted by molar-refractivity contribution is 5.95. The van der Waals surface area contributed by atoms with E-state index in [0.29, 0.717) is 23.9 Å². The maximum Gasteiger partial charge on any atom is 0.254 e. The van der Waals surface area contributed by atoms with E-state index in [1.165, 1.54) is 11.0 Å². The van der Waals surface area contributed by atoms with Crippen LogP contribution in [0.2, 0.25) is 0 Å². The van der Waals surface area contributed by atoms with Gasteiger partial charge in [0.1, 0.15) is 12.4 Å². The first kappa shape index (κ1) is 15.2. The van der Waals surface area contributed by atoms with Crippen LogP contribution in [0.15, 0.2) is 35.1 Å². The standard InChI is InChI=1S/C17H17N7O2/c25-17(12-3-1-4-13(9-12)24-10-18-21-22-24)23-8-2-5-14(23)16-19-15(20-26-16)11-6-7-11/h1,3-4,9-11,14H,2,5-8H2. The largest absolute Gasteiger partial charge is 0.337 e. The predicted molar refractivity (Wildman–Crippen MR) is 88.4 cm³/mol. The fourth-order valence-electron chi connectivity index (χ4n) is 3.38. The van der Waals surface area contributed by atoms with Gasteiger partial charge in [0.05, 0.1) is 5.69 Å². The summed E-state index contributed by atoms with van der Waals surface area (Å²) in [5, 5.41) is 15.2. The van der Waals surface area contributed by atoms with E-state index < -0.39 is 0 Å².